The molecule has 0 aromatic carbocycles. The summed E-state index contributed by atoms with van der Waals surface area (Å²) in [5.74, 6) is 3.28. The molecule has 0 atom stereocenters. The van der Waals surface area contributed by atoms with Crippen molar-refractivity contribution >= 4 is 0 Å². The van der Waals surface area contributed by atoms with Gasteiger partial charge in [0.2, 0.25) is 0 Å². The average Bonchev–Trinajstić information content (AvgIpc) is 2.67. The zero-order valence-electron chi connectivity index (χ0n) is 9.54. The maximum absolute atomic E-state index is 3.52. The van der Waals surface area contributed by atoms with Gasteiger partial charge in [-0.3, -0.25) is 4.90 Å². The molecule has 0 spiro atoms. The fourth-order valence-corrected chi connectivity index (χ4v) is 5.36. The first-order valence-electron chi connectivity index (χ1n) is 6.80. The fourth-order valence-electron chi connectivity index (χ4n) is 5.36. The molecule has 1 saturated heterocycles. The van der Waals surface area contributed by atoms with Gasteiger partial charge in [0.15, 0.2) is 0 Å². The van der Waals surface area contributed by atoms with Crippen molar-refractivity contribution in [3.63, 3.8) is 0 Å². The summed E-state index contributed by atoms with van der Waals surface area (Å²) in [7, 11) is 0. The van der Waals surface area contributed by atoms with Crippen LogP contribution in [0.4, 0.5) is 0 Å². The number of hydrogen-bond donors (Lipinski definition) is 1. The Morgan fingerprint density at radius 3 is 2.00 bits per heavy atom. The molecule has 5 rings (SSSR count). The molecule has 0 aromatic rings. The molecule has 0 aromatic heterocycles. The molecule has 0 amide bonds. The van der Waals surface area contributed by atoms with E-state index in [4.69, 9.17) is 0 Å². The number of nitrogens with one attached hydrogen (secondary N) is 1. The Hall–Kier alpha value is -0.0800. The molecule has 5 fully saturated rings. The first-order valence-corrected chi connectivity index (χ1v) is 6.80. The molecule has 5 aliphatic rings. The molecule has 4 saturated carbocycles. The summed E-state index contributed by atoms with van der Waals surface area (Å²) in [5, 5.41) is 3.52. The maximum atomic E-state index is 3.52. The van der Waals surface area contributed by atoms with Crippen molar-refractivity contribution in [2.75, 3.05) is 19.8 Å². The highest BCUT2D eigenvalue weighted by Gasteiger charge is 2.53. The molecule has 4 bridgehead atoms. The third-order valence-corrected chi connectivity index (χ3v) is 5.54. The van der Waals surface area contributed by atoms with E-state index < -0.39 is 0 Å². The highest BCUT2D eigenvalue weighted by molar-refractivity contribution is 5.07. The predicted octanol–water partition coefficient (Wildman–Crippen LogP) is 1.82. The second-order valence-corrected chi connectivity index (χ2v) is 6.56. The normalized spacial score (nSPS) is 54.0. The number of nitrogens with zero attached hydrogens (tertiary/aromatic N) is 1. The van der Waals surface area contributed by atoms with E-state index in [9.17, 15) is 0 Å². The van der Waals surface area contributed by atoms with E-state index in [0.29, 0.717) is 5.54 Å². The van der Waals surface area contributed by atoms with E-state index >= 15 is 0 Å². The largest absolute Gasteiger partial charge is 0.303 e. The lowest BCUT2D eigenvalue weighted by atomic mass is 9.52. The minimum atomic E-state index is 0.651. The summed E-state index contributed by atoms with van der Waals surface area (Å²) in [4.78, 5) is 2.79. The van der Waals surface area contributed by atoms with Gasteiger partial charge in [-0.2, -0.15) is 0 Å². The van der Waals surface area contributed by atoms with Crippen LogP contribution >= 0.6 is 0 Å². The van der Waals surface area contributed by atoms with Gasteiger partial charge in [-0.25, -0.2) is 0 Å². The zero-order valence-corrected chi connectivity index (χ0v) is 9.54. The first kappa shape index (κ1) is 9.00. The van der Waals surface area contributed by atoms with E-state index in [-0.39, 0.29) is 0 Å². The summed E-state index contributed by atoms with van der Waals surface area (Å²) >= 11 is 0. The van der Waals surface area contributed by atoms with Crippen LogP contribution in [0, 0.1) is 17.8 Å². The van der Waals surface area contributed by atoms with Crippen LogP contribution in [-0.4, -0.2) is 30.2 Å². The summed E-state index contributed by atoms with van der Waals surface area (Å²) in [5.41, 5.74) is 0.651. The van der Waals surface area contributed by atoms with Gasteiger partial charge in [0.1, 0.15) is 0 Å². The standard InChI is InChI=1S/C13H22N2/c1-2-15(9-14-1)13-6-10-3-11(7-13)5-12(4-10)8-13/h10-12,14H,1-9H2. The van der Waals surface area contributed by atoms with Crippen molar-refractivity contribution in [1.82, 2.24) is 10.2 Å². The Kier molecular flexibility index (Phi) is 1.79. The molecule has 2 heteroatoms. The van der Waals surface area contributed by atoms with Crippen LogP contribution in [0.3, 0.4) is 0 Å². The van der Waals surface area contributed by atoms with Gasteiger partial charge in [0.25, 0.3) is 0 Å². The van der Waals surface area contributed by atoms with E-state index in [1.54, 1.807) is 19.3 Å². The molecular formula is C13H22N2. The van der Waals surface area contributed by atoms with Crippen LogP contribution in [0.5, 0.6) is 0 Å². The summed E-state index contributed by atoms with van der Waals surface area (Å²) in [6.45, 7) is 3.71. The van der Waals surface area contributed by atoms with Crippen LogP contribution in [0.25, 0.3) is 0 Å². The fraction of sp³-hybridized carbons (Fsp3) is 1.00. The van der Waals surface area contributed by atoms with Gasteiger partial charge in [-0.15, -0.1) is 0 Å². The molecule has 15 heavy (non-hydrogen) atoms. The molecule has 1 aliphatic heterocycles. The van der Waals surface area contributed by atoms with Gasteiger partial charge in [-0.1, -0.05) is 0 Å². The smallest absolute Gasteiger partial charge is 0.0486 e. The lowest BCUT2D eigenvalue weighted by Gasteiger charge is -2.59. The minimum absolute atomic E-state index is 0.651. The average molecular weight is 206 g/mol. The van der Waals surface area contributed by atoms with Crippen molar-refractivity contribution in [1.29, 1.82) is 0 Å². The highest BCUT2D eigenvalue weighted by atomic mass is 15.3. The molecule has 4 aliphatic carbocycles. The summed E-state index contributed by atoms with van der Waals surface area (Å²) in [6, 6.07) is 0. The third-order valence-electron chi connectivity index (χ3n) is 5.54. The van der Waals surface area contributed by atoms with Gasteiger partial charge in [-0.05, 0) is 56.3 Å². The van der Waals surface area contributed by atoms with Crippen LogP contribution in [0.2, 0.25) is 0 Å². The Balaban J connectivity index is 1.65. The highest BCUT2D eigenvalue weighted by Crippen LogP contribution is 2.57. The van der Waals surface area contributed by atoms with E-state index in [1.165, 1.54) is 39.0 Å². The van der Waals surface area contributed by atoms with Gasteiger partial charge in [0.05, 0.1) is 0 Å². The summed E-state index contributed by atoms with van der Waals surface area (Å²) < 4.78 is 0. The Morgan fingerprint density at radius 1 is 0.933 bits per heavy atom. The predicted molar refractivity (Wildman–Crippen MR) is 60.5 cm³/mol. The molecule has 1 heterocycles. The van der Waals surface area contributed by atoms with Crippen LogP contribution in [0.1, 0.15) is 38.5 Å². The van der Waals surface area contributed by atoms with E-state index in [0.717, 1.165) is 17.8 Å². The van der Waals surface area contributed by atoms with Gasteiger partial charge >= 0.3 is 0 Å². The monoisotopic (exact) mass is 206 g/mol. The van der Waals surface area contributed by atoms with E-state index in [2.05, 4.69) is 10.2 Å². The van der Waals surface area contributed by atoms with Crippen molar-refractivity contribution < 1.29 is 0 Å². The zero-order chi connectivity index (χ0) is 9.88. The van der Waals surface area contributed by atoms with Crippen molar-refractivity contribution in [2.24, 2.45) is 17.8 Å². The minimum Gasteiger partial charge on any atom is -0.303 e. The topological polar surface area (TPSA) is 15.3 Å². The maximum Gasteiger partial charge on any atom is 0.0486 e. The third kappa shape index (κ3) is 1.24. The lowest BCUT2D eigenvalue weighted by molar-refractivity contribution is -0.0805. The molecule has 2 nitrogen and oxygen atoms in total. The van der Waals surface area contributed by atoms with Crippen LogP contribution < -0.4 is 5.32 Å². The Labute approximate surface area is 92.4 Å². The van der Waals surface area contributed by atoms with Crippen molar-refractivity contribution in [3.05, 3.63) is 0 Å². The molecule has 0 radical (unpaired) electrons. The quantitative estimate of drug-likeness (QED) is 0.704. The van der Waals surface area contributed by atoms with Gasteiger partial charge in [0, 0.05) is 25.3 Å². The van der Waals surface area contributed by atoms with Crippen LogP contribution in [0.15, 0.2) is 0 Å². The number of hydrogen-bond acceptors (Lipinski definition) is 2. The summed E-state index contributed by atoms with van der Waals surface area (Å²) in [6.07, 6.45) is 9.30. The number of rotatable bonds is 1. The SMILES string of the molecule is C1CN(C23CC4CC(CC(C4)C2)C3)CN1. The van der Waals surface area contributed by atoms with E-state index in [1.807, 2.05) is 0 Å². The molecule has 1 N–H and O–H groups in total. The second-order valence-electron chi connectivity index (χ2n) is 6.56. The molecular weight excluding hydrogens is 184 g/mol. The van der Waals surface area contributed by atoms with Gasteiger partial charge < -0.3 is 5.32 Å². The Bertz CT molecular complexity index is 232. The van der Waals surface area contributed by atoms with Crippen molar-refractivity contribution in [3.8, 4) is 0 Å². The second kappa shape index (κ2) is 2.98. The van der Waals surface area contributed by atoms with Crippen molar-refractivity contribution in [2.45, 2.75) is 44.1 Å². The lowest BCUT2D eigenvalue weighted by Crippen LogP contribution is -2.59. The molecule has 0 unspecified atom stereocenters. The van der Waals surface area contributed by atoms with Crippen LogP contribution in [-0.2, 0) is 0 Å². The molecule has 84 valence electrons. The first-order chi connectivity index (χ1) is 7.34. The Morgan fingerprint density at radius 2 is 1.53 bits per heavy atom.